The van der Waals surface area contributed by atoms with E-state index < -0.39 is 28.2 Å². The third-order valence-electron chi connectivity index (χ3n) is 9.97. The fourth-order valence-corrected chi connectivity index (χ4v) is 11.0. The number of rotatable bonds is 15. The first kappa shape index (κ1) is 35.3. The first-order valence-electron chi connectivity index (χ1n) is 16.7. The van der Waals surface area contributed by atoms with E-state index in [0.717, 1.165) is 24.8 Å². The molecule has 1 spiro atoms. The molecule has 0 aliphatic carbocycles. The van der Waals surface area contributed by atoms with Crippen LogP contribution in [0.2, 0.25) is 0 Å². The Hall–Kier alpha value is -2.58. The zero-order valence-electron chi connectivity index (χ0n) is 28.3. The molecule has 1 aromatic carbocycles. The second-order valence-corrected chi connectivity index (χ2v) is 16.7. The summed E-state index contributed by atoms with van der Waals surface area (Å²) >= 11 is 1.73. The number of hydrogen-bond donors (Lipinski definition) is 1. The van der Waals surface area contributed by atoms with Crippen molar-refractivity contribution >= 4 is 29.5 Å². The third kappa shape index (κ3) is 6.92. The number of fused-ring (bicyclic) bond motifs is 1. The van der Waals surface area contributed by atoms with Crippen molar-refractivity contribution in [3.63, 3.8) is 0 Å². The SMILES string of the molecule is C=CCN(Cc1ccccc1)C(=O)[C@@H]1[C@H]2C(=O)N(CCCCCO)C(C(=O)N(CC=C)C(C)(C)CC(C)(C)C)C23S[C@@H]1CC3C. The maximum absolute atomic E-state index is 15.1. The van der Waals surface area contributed by atoms with Crippen LogP contribution in [0.15, 0.2) is 55.6 Å². The molecule has 1 aromatic rings. The van der Waals surface area contributed by atoms with Gasteiger partial charge in [-0.3, -0.25) is 14.4 Å². The van der Waals surface area contributed by atoms with Gasteiger partial charge in [-0.2, -0.15) is 0 Å². The predicted octanol–water partition coefficient (Wildman–Crippen LogP) is 5.93. The Morgan fingerprint density at radius 2 is 1.71 bits per heavy atom. The van der Waals surface area contributed by atoms with E-state index in [0.29, 0.717) is 39.0 Å². The van der Waals surface area contributed by atoms with E-state index in [1.54, 1.807) is 23.9 Å². The van der Waals surface area contributed by atoms with Crippen LogP contribution in [0.25, 0.3) is 0 Å². The Labute approximate surface area is 275 Å². The monoisotopic (exact) mass is 637 g/mol. The summed E-state index contributed by atoms with van der Waals surface area (Å²) in [6.45, 7) is 22.6. The molecule has 2 bridgehead atoms. The maximum Gasteiger partial charge on any atom is 0.247 e. The summed E-state index contributed by atoms with van der Waals surface area (Å²) in [6, 6.07) is 9.27. The molecule has 3 aliphatic heterocycles. The minimum atomic E-state index is -0.681. The summed E-state index contributed by atoms with van der Waals surface area (Å²) in [4.78, 5) is 49.9. The number of aliphatic hydroxyl groups excluding tert-OH is 1. The van der Waals surface area contributed by atoms with Crippen LogP contribution in [0.5, 0.6) is 0 Å². The fraction of sp³-hybridized carbons (Fsp3) is 0.649. The minimum absolute atomic E-state index is 0.0156. The van der Waals surface area contributed by atoms with Gasteiger partial charge in [0, 0.05) is 43.6 Å². The average Bonchev–Trinajstić information content (AvgIpc) is 3.56. The number of benzene rings is 1. The van der Waals surface area contributed by atoms with Crippen LogP contribution in [-0.2, 0) is 20.9 Å². The van der Waals surface area contributed by atoms with Gasteiger partial charge in [-0.05, 0) is 62.8 Å². The molecule has 248 valence electrons. The molecule has 4 rings (SSSR count). The zero-order chi connectivity index (χ0) is 33.2. The van der Waals surface area contributed by atoms with Gasteiger partial charge in [0.1, 0.15) is 6.04 Å². The van der Waals surface area contributed by atoms with Crippen molar-refractivity contribution in [2.45, 2.75) is 102 Å². The summed E-state index contributed by atoms with van der Waals surface area (Å²) in [5.41, 5.74) is 0.544. The topological polar surface area (TPSA) is 81.2 Å². The molecule has 6 atom stereocenters. The summed E-state index contributed by atoms with van der Waals surface area (Å²) in [5, 5.41) is 9.39. The van der Waals surface area contributed by atoms with Crippen molar-refractivity contribution in [2.75, 3.05) is 26.2 Å². The molecule has 0 radical (unpaired) electrons. The molecule has 3 unspecified atom stereocenters. The van der Waals surface area contributed by atoms with Gasteiger partial charge in [-0.1, -0.05) is 70.2 Å². The molecule has 0 saturated carbocycles. The first-order chi connectivity index (χ1) is 21.2. The Kier molecular flexibility index (Phi) is 11.0. The molecule has 3 saturated heterocycles. The van der Waals surface area contributed by atoms with Crippen LogP contribution < -0.4 is 0 Å². The van der Waals surface area contributed by atoms with Gasteiger partial charge in [-0.15, -0.1) is 24.9 Å². The highest BCUT2D eigenvalue weighted by atomic mass is 32.2. The number of carbonyl (C=O) groups is 3. The summed E-state index contributed by atoms with van der Waals surface area (Å²) < 4.78 is -0.681. The van der Waals surface area contributed by atoms with Gasteiger partial charge in [0.15, 0.2) is 0 Å². The molecule has 1 N–H and O–H groups in total. The first-order valence-corrected chi connectivity index (χ1v) is 17.6. The Bertz CT molecular complexity index is 1240. The normalized spacial score (nSPS) is 27.4. The van der Waals surface area contributed by atoms with Gasteiger partial charge in [0.2, 0.25) is 17.7 Å². The van der Waals surface area contributed by atoms with E-state index >= 15 is 4.79 Å². The molecule has 0 aromatic heterocycles. The Morgan fingerprint density at radius 1 is 1.04 bits per heavy atom. The van der Waals surface area contributed by atoms with Crippen LogP contribution in [0.4, 0.5) is 0 Å². The van der Waals surface area contributed by atoms with Crippen molar-refractivity contribution in [2.24, 2.45) is 23.2 Å². The minimum Gasteiger partial charge on any atom is -0.396 e. The van der Waals surface area contributed by atoms with Gasteiger partial charge < -0.3 is 19.8 Å². The number of aliphatic hydroxyl groups is 1. The van der Waals surface area contributed by atoms with E-state index in [1.807, 2.05) is 45.0 Å². The third-order valence-corrected chi connectivity index (χ3v) is 12.0. The van der Waals surface area contributed by atoms with E-state index in [2.05, 4.69) is 54.7 Å². The Morgan fingerprint density at radius 3 is 2.31 bits per heavy atom. The Balaban J connectivity index is 1.76. The molecule has 3 aliphatic rings. The van der Waals surface area contributed by atoms with Crippen LogP contribution >= 0.6 is 11.8 Å². The van der Waals surface area contributed by atoms with Crippen molar-refractivity contribution in [3.8, 4) is 0 Å². The standard InChI is InChI=1S/C37H55N3O4S/c1-9-19-38(24-27-17-13-11-14-18-27)32(42)29-28-23-26(3)37(45-28)30(29)33(43)39(21-15-12-16-22-41)31(37)34(44)40(20-10-2)36(7,8)25-35(4,5)6/h9-11,13-14,17-18,26,28-31,41H,1-2,12,15-16,19-25H2,3-8H3/t26?,28-,29+,30+,31?,37?/m1/s1. The molecular formula is C37H55N3O4S. The summed E-state index contributed by atoms with van der Waals surface area (Å²) in [6.07, 6.45) is 7.24. The summed E-state index contributed by atoms with van der Waals surface area (Å²) in [5.74, 6) is -1.08. The zero-order valence-corrected chi connectivity index (χ0v) is 29.2. The molecule has 3 heterocycles. The second-order valence-electron chi connectivity index (χ2n) is 15.1. The highest BCUT2D eigenvalue weighted by Crippen LogP contribution is 2.69. The molecule has 3 fully saturated rings. The number of unbranched alkanes of at least 4 members (excludes halogenated alkanes) is 2. The van der Waals surface area contributed by atoms with Crippen LogP contribution in [-0.4, -0.2) is 85.3 Å². The van der Waals surface area contributed by atoms with Crippen molar-refractivity contribution in [3.05, 3.63) is 61.2 Å². The molecule has 45 heavy (non-hydrogen) atoms. The van der Waals surface area contributed by atoms with Crippen molar-refractivity contribution in [1.29, 1.82) is 0 Å². The lowest BCUT2D eigenvalue weighted by molar-refractivity contribution is -0.147. The van der Waals surface area contributed by atoms with Crippen LogP contribution in [0.1, 0.15) is 79.2 Å². The van der Waals surface area contributed by atoms with E-state index in [4.69, 9.17) is 0 Å². The number of likely N-dealkylation sites (tertiary alicyclic amines) is 1. The molecule has 8 heteroatoms. The largest absolute Gasteiger partial charge is 0.396 e. The smallest absolute Gasteiger partial charge is 0.247 e. The number of hydrogen-bond acceptors (Lipinski definition) is 5. The average molecular weight is 638 g/mol. The van der Waals surface area contributed by atoms with Gasteiger partial charge >= 0.3 is 0 Å². The lowest BCUT2D eigenvalue weighted by Gasteiger charge is -2.47. The highest BCUT2D eigenvalue weighted by Gasteiger charge is 2.76. The van der Waals surface area contributed by atoms with Gasteiger partial charge in [-0.25, -0.2) is 0 Å². The highest BCUT2D eigenvalue weighted by molar-refractivity contribution is 8.02. The number of thioether (sulfide) groups is 1. The molecular weight excluding hydrogens is 582 g/mol. The van der Waals surface area contributed by atoms with Crippen molar-refractivity contribution in [1.82, 2.24) is 14.7 Å². The van der Waals surface area contributed by atoms with E-state index in [-0.39, 0.29) is 40.9 Å². The maximum atomic E-state index is 15.1. The van der Waals surface area contributed by atoms with Crippen LogP contribution in [0, 0.1) is 23.2 Å². The van der Waals surface area contributed by atoms with E-state index in [9.17, 15) is 14.7 Å². The van der Waals surface area contributed by atoms with E-state index in [1.165, 1.54) is 0 Å². The fourth-order valence-electron chi connectivity index (χ4n) is 8.60. The second kappa shape index (κ2) is 14.0. The number of amides is 3. The molecule has 3 amide bonds. The number of carbonyl (C=O) groups excluding carboxylic acids is 3. The quantitative estimate of drug-likeness (QED) is 0.191. The van der Waals surface area contributed by atoms with Gasteiger partial charge in [0.25, 0.3) is 0 Å². The number of nitrogens with zero attached hydrogens (tertiary/aromatic N) is 3. The predicted molar refractivity (Wildman–Crippen MR) is 183 cm³/mol. The molecule has 7 nitrogen and oxygen atoms in total. The van der Waals surface area contributed by atoms with Crippen LogP contribution in [0.3, 0.4) is 0 Å². The lowest BCUT2D eigenvalue weighted by atomic mass is 9.65. The lowest BCUT2D eigenvalue weighted by Crippen LogP contribution is -2.61. The van der Waals surface area contributed by atoms with Gasteiger partial charge in [0.05, 0.1) is 16.6 Å². The van der Waals surface area contributed by atoms with Crippen molar-refractivity contribution < 1.29 is 19.5 Å². The summed E-state index contributed by atoms with van der Waals surface area (Å²) in [7, 11) is 0.